The predicted molar refractivity (Wildman–Crippen MR) is 72.4 cm³/mol. The number of nitrogens with one attached hydrogen (secondary N) is 1. The second kappa shape index (κ2) is 6.72. The topological polar surface area (TPSA) is 81.5 Å². The lowest BCUT2D eigenvalue weighted by Crippen LogP contribution is -2.16. The zero-order valence-corrected chi connectivity index (χ0v) is 11.3. The Morgan fingerprint density at radius 1 is 1.42 bits per heavy atom. The van der Waals surface area contributed by atoms with Gasteiger partial charge in [-0.2, -0.15) is 0 Å². The second-order valence-corrected chi connectivity index (χ2v) is 4.18. The fraction of sp³-hybridized carbons (Fsp3) is 0.462. The van der Waals surface area contributed by atoms with Gasteiger partial charge in [0.15, 0.2) is 0 Å². The van der Waals surface area contributed by atoms with Crippen LogP contribution in [0.3, 0.4) is 0 Å². The van der Waals surface area contributed by atoms with Gasteiger partial charge in [0.1, 0.15) is 5.75 Å². The van der Waals surface area contributed by atoms with E-state index in [1.54, 1.807) is 0 Å². The number of rotatable bonds is 6. The summed E-state index contributed by atoms with van der Waals surface area (Å²) in [5.41, 5.74) is 0.389. The molecule has 0 fully saturated rings. The summed E-state index contributed by atoms with van der Waals surface area (Å²) in [6.45, 7) is 5.33. The predicted octanol–water partition coefficient (Wildman–Crippen LogP) is 3.12. The average molecular weight is 266 g/mol. The molecule has 1 aromatic carbocycles. The minimum atomic E-state index is -0.489. The van der Waals surface area contributed by atoms with Crippen LogP contribution in [0.15, 0.2) is 18.2 Å². The summed E-state index contributed by atoms with van der Waals surface area (Å²) in [4.78, 5) is 21.4. The number of hydrogen-bond donors (Lipinski definition) is 1. The maximum Gasteiger partial charge on any atom is 0.273 e. The fourth-order valence-corrected chi connectivity index (χ4v) is 1.65. The molecule has 0 aliphatic carbocycles. The number of hydrogen-bond acceptors (Lipinski definition) is 4. The lowest BCUT2D eigenvalue weighted by molar-refractivity contribution is -0.384. The van der Waals surface area contributed by atoms with Gasteiger partial charge in [-0.05, 0) is 18.9 Å². The molecule has 0 atom stereocenters. The van der Waals surface area contributed by atoms with Crippen molar-refractivity contribution in [1.82, 2.24) is 0 Å². The number of nitro groups is 1. The SMILES string of the molecule is CCC(CC)Oc1cc([N+](=O)[O-])ccc1NC(C)=O. The highest BCUT2D eigenvalue weighted by Crippen LogP contribution is 2.30. The third-order valence-electron chi connectivity index (χ3n) is 2.69. The van der Waals surface area contributed by atoms with Crippen LogP contribution in [0, 0.1) is 10.1 Å². The molecule has 0 saturated heterocycles. The van der Waals surface area contributed by atoms with Crippen LogP contribution in [0.4, 0.5) is 11.4 Å². The number of non-ortho nitro benzene ring substituents is 1. The summed E-state index contributed by atoms with van der Waals surface area (Å²) < 4.78 is 5.72. The monoisotopic (exact) mass is 266 g/mol. The molecule has 0 aliphatic rings. The molecular weight excluding hydrogens is 248 g/mol. The maximum atomic E-state index is 11.1. The Bertz CT molecular complexity index is 470. The Kier molecular flexibility index (Phi) is 5.29. The molecule has 104 valence electrons. The summed E-state index contributed by atoms with van der Waals surface area (Å²) in [7, 11) is 0. The van der Waals surface area contributed by atoms with Crippen molar-refractivity contribution in [3.8, 4) is 5.75 Å². The van der Waals surface area contributed by atoms with Gasteiger partial charge in [-0.1, -0.05) is 13.8 Å². The minimum Gasteiger partial charge on any atom is -0.488 e. The van der Waals surface area contributed by atoms with E-state index in [-0.39, 0.29) is 17.7 Å². The minimum absolute atomic E-state index is 0.0329. The second-order valence-electron chi connectivity index (χ2n) is 4.18. The first-order chi connectivity index (χ1) is 8.97. The molecule has 1 aromatic rings. The number of benzene rings is 1. The molecule has 0 saturated carbocycles. The Balaban J connectivity index is 3.09. The van der Waals surface area contributed by atoms with Gasteiger partial charge in [-0.3, -0.25) is 14.9 Å². The lowest BCUT2D eigenvalue weighted by Gasteiger charge is -2.18. The van der Waals surface area contributed by atoms with Crippen LogP contribution in [-0.4, -0.2) is 16.9 Å². The summed E-state index contributed by atoms with van der Waals surface area (Å²) in [5.74, 6) is 0.0846. The van der Waals surface area contributed by atoms with Crippen molar-refractivity contribution in [3.63, 3.8) is 0 Å². The molecule has 0 radical (unpaired) electrons. The molecule has 1 amide bonds. The van der Waals surface area contributed by atoms with Crippen LogP contribution in [0.1, 0.15) is 33.6 Å². The Morgan fingerprint density at radius 3 is 2.53 bits per heavy atom. The number of anilines is 1. The third-order valence-corrected chi connectivity index (χ3v) is 2.69. The zero-order valence-electron chi connectivity index (χ0n) is 11.3. The van der Waals surface area contributed by atoms with Gasteiger partial charge < -0.3 is 10.1 Å². The lowest BCUT2D eigenvalue weighted by atomic mass is 10.2. The average Bonchev–Trinajstić information content (AvgIpc) is 2.36. The van der Waals surface area contributed by atoms with Crippen LogP contribution in [0.2, 0.25) is 0 Å². The molecule has 0 bridgehead atoms. The first-order valence-electron chi connectivity index (χ1n) is 6.20. The smallest absolute Gasteiger partial charge is 0.273 e. The van der Waals surface area contributed by atoms with Crippen LogP contribution in [0.5, 0.6) is 5.75 Å². The van der Waals surface area contributed by atoms with E-state index in [0.29, 0.717) is 11.4 Å². The molecule has 0 aliphatic heterocycles. The van der Waals surface area contributed by atoms with Crippen LogP contribution < -0.4 is 10.1 Å². The molecular formula is C13H18N2O4. The summed E-state index contributed by atoms with van der Waals surface area (Å²) in [6, 6.07) is 4.16. The van der Waals surface area contributed by atoms with E-state index in [0.717, 1.165) is 12.8 Å². The van der Waals surface area contributed by atoms with E-state index in [9.17, 15) is 14.9 Å². The van der Waals surface area contributed by atoms with Gasteiger partial charge in [0.05, 0.1) is 22.8 Å². The van der Waals surface area contributed by atoms with Crippen molar-refractivity contribution in [2.75, 3.05) is 5.32 Å². The van der Waals surface area contributed by atoms with E-state index in [1.165, 1.54) is 25.1 Å². The number of ether oxygens (including phenoxy) is 1. The molecule has 0 spiro atoms. The van der Waals surface area contributed by atoms with Crippen LogP contribution in [0.25, 0.3) is 0 Å². The highest BCUT2D eigenvalue weighted by molar-refractivity contribution is 5.90. The maximum absolute atomic E-state index is 11.1. The highest BCUT2D eigenvalue weighted by atomic mass is 16.6. The molecule has 19 heavy (non-hydrogen) atoms. The van der Waals surface area contributed by atoms with Crippen molar-refractivity contribution in [2.24, 2.45) is 0 Å². The number of amides is 1. The summed E-state index contributed by atoms with van der Waals surface area (Å²) in [6.07, 6.45) is 1.55. The van der Waals surface area contributed by atoms with Gasteiger partial charge in [-0.15, -0.1) is 0 Å². The van der Waals surface area contributed by atoms with Crippen LogP contribution in [-0.2, 0) is 4.79 Å². The van der Waals surface area contributed by atoms with Gasteiger partial charge >= 0.3 is 0 Å². The standard InChI is InChI=1S/C13H18N2O4/c1-4-11(5-2)19-13-8-10(15(17)18)6-7-12(13)14-9(3)16/h6-8,11H,4-5H2,1-3H3,(H,14,16). The van der Waals surface area contributed by atoms with E-state index in [1.807, 2.05) is 13.8 Å². The summed E-state index contributed by atoms with van der Waals surface area (Å²) in [5, 5.41) is 13.4. The van der Waals surface area contributed by atoms with Gasteiger partial charge in [0, 0.05) is 13.0 Å². The largest absolute Gasteiger partial charge is 0.488 e. The van der Waals surface area contributed by atoms with Gasteiger partial charge in [0.2, 0.25) is 5.91 Å². The molecule has 1 N–H and O–H groups in total. The molecule has 6 heteroatoms. The number of carbonyl (C=O) groups is 1. The first-order valence-corrected chi connectivity index (χ1v) is 6.20. The van der Waals surface area contributed by atoms with Crippen molar-refractivity contribution in [2.45, 2.75) is 39.7 Å². The fourth-order valence-electron chi connectivity index (χ4n) is 1.65. The third kappa shape index (κ3) is 4.24. The Morgan fingerprint density at radius 2 is 2.05 bits per heavy atom. The Hall–Kier alpha value is -2.11. The molecule has 6 nitrogen and oxygen atoms in total. The van der Waals surface area contributed by atoms with Gasteiger partial charge in [0.25, 0.3) is 5.69 Å². The van der Waals surface area contributed by atoms with E-state index in [2.05, 4.69) is 5.32 Å². The molecule has 0 aromatic heterocycles. The quantitative estimate of drug-likeness (QED) is 0.633. The summed E-state index contributed by atoms with van der Waals surface area (Å²) >= 11 is 0. The first kappa shape index (κ1) is 14.9. The zero-order chi connectivity index (χ0) is 14.4. The normalized spacial score (nSPS) is 10.3. The number of carbonyl (C=O) groups excluding carboxylic acids is 1. The van der Waals surface area contributed by atoms with Crippen molar-refractivity contribution >= 4 is 17.3 Å². The van der Waals surface area contributed by atoms with E-state index >= 15 is 0 Å². The van der Waals surface area contributed by atoms with Crippen molar-refractivity contribution in [3.05, 3.63) is 28.3 Å². The van der Waals surface area contributed by atoms with E-state index in [4.69, 9.17) is 4.74 Å². The van der Waals surface area contributed by atoms with Crippen molar-refractivity contribution < 1.29 is 14.5 Å². The molecule has 0 unspecified atom stereocenters. The Labute approximate surface area is 111 Å². The molecule has 1 rings (SSSR count). The van der Waals surface area contributed by atoms with Crippen molar-refractivity contribution in [1.29, 1.82) is 0 Å². The van der Waals surface area contributed by atoms with Crippen LogP contribution >= 0.6 is 0 Å². The highest BCUT2D eigenvalue weighted by Gasteiger charge is 2.15. The van der Waals surface area contributed by atoms with E-state index < -0.39 is 4.92 Å². The van der Waals surface area contributed by atoms with Gasteiger partial charge in [-0.25, -0.2) is 0 Å². The molecule has 0 heterocycles. The number of nitro benzene ring substituents is 1. The number of nitrogens with zero attached hydrogens (tertiary/aromatic N) is 1.